The van der Waals surface area contributed by atoms with Gasteiger partial charge >= 0.3 is 29.5 Å². The minimum absolute atomic E-state index is 0.0972. The molecule has 52 heavy (non-hydrogen) atoms. The Balaban J connectivity index is 1.22. The van der Waals surface area contributed by atoms with Crippen molar-refractivity contribution in [3.05, 3.63) is 44.8 Å². The van der Waals surface area contributed by atoms with Gasteiger partial charge in [0.25, 0.3) is 5.91 Å². The summed E-state index contributed by atoms with van der Waals surface area (Å²) in [6, 6.07) is 5.62. The standard InChI is InChI=1S/C37H41N3O12/c1-22(41)48-20-50-32(44)8-7-26(36(46)51-21-49-23(2)42)18-31(43)24-9-13-40(14-10-24)35(45)29(19-38)17-28-16-27-15-25-5-3-11-39-12-4-6-30(33(25)39)34(27)52-37(28)47/h15-17,24,26H,3-14,18,20-21H2,1-2H3/t26-/m1/s1. The summed E-state index contributed by atoms with van der Waals surface area (Å²) in [5.74, 6) is -5.38. The van der Waals surface area contributed by atoms with Crippen LogP contribution in [0.1, 0.15) is 75.5 Å². The molecule has 15 nitrogen and oxygen atoms in total. The summed E-state index contributed by atoms with van der Waals surface area (Å²) in [5.41, 5.74) is 3.17. The smallest absolute Gasteiger partial charge is 0.343 e. The second kappa shape index (κ2) is 17.1. The molecule has 0 unspecified atom stereocenters. The molecule has 15 heteroatoms. The number of aryl methyl sites for hydroxylation is 2. The fourth-order valence-corrected chi connectivity index (χ4v) is 6.98. The van der Waals surface area contributed by atoms with Crippen LogP contribution in [0.25, 0.3) is 17.0 Å². The minimum atomic E-state index is -1.06. The van der Waals surface area contributed by atoms with Gasteiger partial charge in [0.1, 0.15) is 23.0 Å². The number of esters is 4. The summed E-state index contributed by atoms with van der Waals surface area (Å²) in [4.78, 5) is 90.5. The van der Waals surface area contributed by atoms with Crippen molar-refractivity contribution in [1.82, 2.24) is 4.90 Å². The second-order valence-corrected chi connectivity index (χ2v) is 13.1. The molecular weight excluding hydrogens is 678 g/mol. The summed E-state index contributed by atoms with van der Waals surface area (Å²) < 4.78 is 24.8. The van der Waals surface area contributed by atoms with Gasteiger partial charge in [-0.2, -0.15) is 5.26 Å². The minimum Gasteiger partial charge on any atom is -0.428 e. The van der Waals surface area contributed by atoms with Crippen LogP contribution in [0.3, 0.4) is 0 Å². The van der Waals surface area contributed by atoms with E-state index in [1.807, 2.05) is 12.1 Å². The summed E-state index contributed by atoms with van der Waals surface area (Å²) in [6.07, 6.45) is 4.82. The highest BCUT2D eigenvalue weighted by Gasteiger charge is 2.33. The van der Waals surface area contributed by atoms with Crippen molar-refractivity contribution in [2.45, 2.75) is 71.6 Å². The number of nitriles is 1. The van der Waals surface area contributed by atoms with Crippen LogP contribution >= 0.6 is 0 Å². The molecule has 276 valence electrons. The third kappa shape index (κ3) is 9.22. The van der Waals surface area contributed by atoms with Crippen molar-refractivity contribution >= 4 is 58.3 Å². The molecule has 0 radical (unpaired) electrons. The second-order valence-electron chi connectivity index (χ2n) is 13.1. The maximum atomic E-state index is 13.4. The number of Topliss-reactive ketones (excluding diaryl/α,β-unsaturated/α-hetero) is 1. The largest absolute Gasteiger partial charge is 0.428 e. The van der Waals surface area contributed by atoms with Gasteiger partial charge in [0.2, 0.25) is 13.6 Å². The number of hydrogen-bond donors (Lipinski definition) is 0. The Morgan fingerprint density at radius 3 is 2.29 bits per heavy atom. The average molecular weight is 720 g/mol. The number of ether oxygens (including phenoxy) is 4. The number of carbonyl (C=O) groups is 6. The van der Waals surface area contributed by atoms with Crippen LogP contribution in [0.5, 0.6) is 0 Å². The summed E-state index contributed by atoms with van der Waals surface area (Å²) >= 11 is 0. The number of anilines is 1. The van der Waals surface area contributed by atoms with E-state index in [-0.39, 0.29) is 62.1 Å². The molecule has 0 bridgehead atoms. The van der Waals surface area contributed by atoms with E-state index in [4.69, 9.17) is 13.9 Å². The van der Waals surface area contributed by atoms with Gasteiger partial charge in [-0.05, 0) is 68.7 Å². The third-order valence-electron chi connectivity index (χ3n) is 9.55. The Morgan fingerprint density at radius 1 is 0.942 bits per heavy atom. The molecule has 1 amide bonds. The fourth-order valence-electron chi connectivity index (χ4n) is 6.98. The Morgan fingerprint density at radius 2 is 1.62 bits per heavy atom. The van der Waals surface area contributed by atoms with E-state index < -0.39 is 60.8 Å². The molecule has 2 aromatic rings. The van der Waals surface area contributed by atoms with Crippen molar-refractivity contribution in [1.29, 1.82) is 5.26 Å². The van der Waals surface area contributed by atoms with Crippen LogP contribution in [-0.2, 0) is 60.6 Å². The third-order valence-corrected chi connectivity index (χ3v) is 9.55. The van der Waals surface area contributed by atoms with E-state index in [9.17, 15) is 38.8 Å². The topological polar surface area (TPSA) is 200 Å². The first kappa shape index (κ1) is 37.7. The molecule has 1 fully saturated rings. The van der Waals surface area contributed by atoms with Crippen LogP contribution in [0, 0.1) is 23.2 Å². The van der Waals surface area contributed by atoms with E-state index in [2.05, 4.69) is 14.4 Å². The maximum absolute atomic E-state index is 13.4. The molecule has 1 saturated heterocycles. The SMILES string of the molecule is CC(=O)OCOC(=O)CC[C@H](CC(=O)C1CCN(C(=O)C(C#N)=Cc2cc3cc4c5c(c3oc2=O)CCCN5CCC4)CC1)C(=O)OCOC(C)=O. The number of fused-ring (bicyclic) bond motifs is 2. The van der Waals surface area contributed by atoms with Crippen molar-refractivity contribution in [3.8, 4) is 6.07 Å². The number of amides is 1. The quantitative estimate of drug-likeness (QED) is 0.0961. The Hall–Kier alpha value is -5.52. The first-order valence-corrected chi connectivity index (χ1v) is 17.4. The number of likely N-dealkylation sites (tertiary alicyclic amines) is 1. The highest BCUT2D eigenvalue weighted by atomic mass is 16.7. The predicted octanol–water partition coefficient (Wildman–Crippen LogP) is 3.12. The van der Waals surface area contributed by atoms with Crippen LogP contribution in [-0.4, -0.2) is 80.2 Å². The molecule has 0 N–H and O–H groups in total. The molecule has 4 heterocycles. The number of benzene rings is 1. The summed E-state index contributed by atoms with van der Waals surface area (Å²) in [7, 11) is 0. The zero-order valence-corrected chi connectivity index (χ0v) is 29.2. The first-order chi connectivity index (χ1) is 24.9. The molecule has 0 saturated carbocycles. The van der Waals surface area contributed by atoms with Crippen LogP contribution in [0.4, 0.5) is 5.69 Å². The molecule has 0 aliphatic carbocycles. The molecule has 0 spiro atoms. The van der Waals surface area contributed by atoms with Gasteiger partial charge in [-0.3, -0.25) is 28.8 Å². The number of nitrogens with zero attached hydrogens (tertiary/aromatic N) is 3. The van der Waals surface area contributed by atoms with Crippen molar-refractivity contribution < 1.29 is 52.1 Å². The summed E-state index contributed by atoms with van der Waals surface area (Å²) in [5, 5.41) is 10.7. The molecule has 3 aliphatic rings. The molecule has 1 aromatic heterocycles. The number of carbonyl (C=O) groups excluding carboxylic acids is 6. The first-order valence-electron chi connectivity index (χ1n) is 17.4. The van der Waals surface area contributed by atoms with E-state index in [1.165, 1.54) is 22.2 Å². The molecule has 5 rings (SSSR count). The lowest BCUT2D eigenvalue weighted by molar-refractivity contribution is -0.170. The lowest BCUT2D eigenvalue weighted by Crippen LogP contribution is -2.41. The zero-order valence-electron chi connectivity index (χ0n) is 29.2. The Labute approximate surface area is 299 Å². The van der Waals surface area contributed by atoms with Gasteiger partial charge in [-0.1, -0.05) is 0 Å². The monoisotopic (exact) mass is 719 g/mol. The van der Waals surface area contributed by atoms with E-state index >= 15 is 0 Å². The average Bonchev–Trinajstić information content (AvgIpc) is 3.12. The van der Waals surface area contributed by atoms with E-state index in [0.29, 0.717) is 5.58 Å². The molecular formula is C37H41N3O12. The number of piperidine rings is 1. The van der Waals surface area contributed by atoms with Gasteiger partial charge < -0.3 is 33.2 Å². The van der Waals surface area contributed by atoms with Crippen LogP contribution in [0.15, 0.2) is 26.9 Å². The normalized spacial score (nSPS) is 16.3. The van der Waals surface area contributed by atoms with E-state index in [1.54, 1.807) is 6.07 Å². The highest BCUT2D eigenvalue weighted by Crippen LogP contribution is 2.39. The molecule has 3 aliphatic heterocycles. The van der Waals surface area contributed by atoms with Gasteiger partial charge in [0.15, 0.2) is 0 Å². The van der Waals surface area contributed by atoms with Gasteiger partial charge in [0.05, 0.1) is 11.5 Å². The van der Waals surface area contributed by atoms with Gasteiger partial charge in [0, 0.05) is 75.4 Å². The highest BCUT2D eigenvalue weighted by molar-refractivity contribution is 6.02. The van der Waals surface area contributed by atoms with Crippen molar-refractivity contribution in [2.24, 2.45) is 11.8 Å². The Kier molecular flexibility index (Phi) is 12.4. The Bertz CT molecular complexity index is 1880. The summed E-state index contributed by atoms with van der Waals surface area (Å²) in [6.45, 7) is 3.28. The zero-order chi connectivity index (χ0) is 37.4. The maximum Gasteiger partial charge on any atom is 0.343 e. The van der Waals surface area contributed by atoms with E-state index in [0.717, 1.165) is 63.6 Å². The van der Waals surface area contributed by atoms with Crippen molar-refractivity contribution in [3.63, 3.8) is 0 Å². The van der Waals surface area contributed by atoms with Crippen LogP contribution in [0.2, 0.25) is 0 Å². The lowest BCUT2D eigenvalue weighted by Gasteiger charge is -2.37. The number of rotatable bonds is 13. The van der Waals surface area contributed by atoms with Gasteiger partial charge in [-0.15, -0.1) is 0 Å². The molecule has 1 aromatic carbocycles. The van der Waals surface area contributed by atoms with Gasteiger partial charge in [-0.25, -0.2) is 4.79 Å². The van der Waals surface area contributed by atoms with Crippen LogP contribution < -0.4 is 10.5 Å². The van der Waals surface area contributed by atoms with Crippen molar-refractivity contribution in [2.75, 3.05) is 44.7 Å². The predicted molar refractivity (Wildman–Crippen MR) is 182 cm³/mol. The number of ketones is 1. The lowest BCUT2D eigenvalue weighted by atomic mass is 9.86. The molecule has 1 atom stereocenters. The number of hydrogen-bond acceptors (Lipinski definition) is 14. The fraction of sp³-hybridized carbons (Fsp3) is 0.514.